The number of aryl methyl sites for hydroxylation is 2. The quantitative estimate of drug-likeness (QED) is 0.938. The highest BCUT2D eigenvalue weighted by molar-refractivity contribution is 7.18. The van der Waals surface area contributed by atoms with Crippen LogP contribution in [0, 0.1) is 13.8 Å². The van der Waals surface area contributed by atoms with Crippen LogP contribution in [0.5, 0.6) is 0 Å². The molecular formula is C12H19ClN4S. The standard InChI is InChI=1S/C12H18N4S.ClH/c1-8-9(2)17-12-10(8)11(14-7-15-12)13-5-6-16(3)4;/h7H,5-6H2,1-4H3,(H,13,14,15);1H. The maximum atomic E-state index is 4.34. The van der Waals surface area contributed by atoms with E-state index < -0.39 is 0 Å². The van der Waals surface area contributed by atoms with Crippen LogP contribution in [0.4, 0.5) is 5.82 Å². The summed E-state index contributed by atoms with van der Waals surface area (Å²) in [6.45, 7) is 6.15. The van der Waals surface area contributed by atoms with Crippen molar-refractivity contribution in [3.63, 3.8) is 0 Å². The average molecular weight is 287 g/mol. The highest BCUT2D eigenvalue weighted by atomic mass is 35.5. The zero-order valence-electron chi connectivity index (χ0n) is 11.1. The molecule has 18 heavy (non-hydrogen) atoms. The van der Waals surface area contributed by atoms with E-state index in [4.69, 9.17) is 0 Å². The first kappa shape index (κ1) is 15.1. The Kier molecular flexibility index (Phi) is 5.31. The van der Waals surface area contributed by atoms with Gasteiger partial charge in [0.2, 0.25) is 0 Å². The number of thiophene rings is 1. The Bertz CT molecular complexity index is 524. The minimum atomic E-state index is 0. The zero-order valence-corrected chi connectivity index (χ0v) is 12.8. The Morgan fingerprint density at radius 1 is 1.28 bits per heavy atom. The molecule has 0 saturated heterocycles. The molecule has 2 aromatic heterocycles. The van der Waals surface area contributed by atoms with Crippen LogP contribution in [0.25, 0.3) is 10.2 Å². The van der Waals surface area contributed by atoms with Gasteiger partial charge >= 0.3 is 0 Å². The topological polar surface area (TPSA) is 41.1 Å². The molecule has 0 saturated carbocycles. The third-order valence-electron chi connectivity index (χ3n) is 2.82. The maximum Gasteiger partial charge on any atom is 0.138 e. The van der Waals surface area contributed by atoms with E-state index in [1.54, 1.807) is 17.7 Å². The summed E-state index contributed by atoms with van der Waals surface area (Å²) < 4.78 is 0. The van der Waals surface area contributed by atoms with E-state index in [1.807, 2.05) is 0 Å². The Labute approximate surface area is 118 Å². The second kappa shape index (κ2) is 6.31. The number of likely N-dealkylation sites (N-methyl/N-ethyl adjacent to an activating group) is 1. The summed E-state index contributed by atoms with van der Waals surface area (Å²) in [5.41, 5.74) is 1.29. The van der Waals surface area contributed by atoms with Gasteiger partial charge in [-0.3, -0.25) is 0 Å². The Morgan fingerprint density at radius 2 is 2.00 bits per heavy atom. The first-order valence-electron chi connectivity index (χ1n) is 5.69. The normalized spacial score (nSPS) is 10.7. The first-order valence-corrected chi connectivity index (χ1v) is 6.50. The summed E-state index contributed by atoms with van der Waals surface area (Å²) in [7, 11) is 4.13. The molecule has 0 aliphatic heterocycles. The van der Waals surface area contributed by atoms with Gasteiger partial charge in [0.15, 0.2) is 0 Å². The van der Waals surface area contributed by atoms with Crippen molar-refractivity contribution in [2.45, 2.75) is 13.8 Å². The lowest BCUT2D eigenvalue weighted by atomic mass is 10.2. The van der Waals surface area contributed by atoms with Crippen molar-refractivity contribution < 1.29 is 0 Å². The molecule has 0 aliphatic rings. The van der Waals surface area contributed by atoms with Crippen LogP contribution in [0.2, 0.25) is 0 Å². The average Bonchev–Trinajstić information content (AvgIpc) is 2.55. The Morgan fingerprint density at radius 3 is 2.67 bits per heavy atom. The van der Waals surface area contributed by atoms with Gasteiger partial charge in [-0.25, -0.2) is 9.97 Å². The van der Waals surface area contributed by atoms with Crippen LogP contribution in [0.1, 0.15) is 10.4 Å². The van der Waals surface area contributed by atoms with Gasteiger partial charge in [0, 0.05) is 18.0 Å². The molecule has 0 aromatic carbocycles. The second-order valence-electron chi connectivity index (χ2n) is 4.42. The molecule has 0 amide bonds. The van der Waals surface area contributed by atoms with Crippen molar-refractivity contribution in [3.8, 4) is 0 Å². The minimum absolute atomic E-state index is 0. The van der Waals surface area contributed by atoms with Gasteiger partial charge in [0.1, 0.15) is 17.0 Å². The molecule has 0 aliphatic carbocycles. The summed E-state index contributed by atoms with van der Waals surface area (Å²) in [4.78, 5) is 13.2. The molecule has 1 N–H and O–H groups in total. The van der Waals surface area contributed by atoms with Crippen LogP contribution in [0.3, 0.4) is 0 Å². The van der Waals surface area contributed by atoms with Crippen molar-refractivity contribution in [2.24, 2.45) is 0 Å². The number of hydrogen-bond donors (Lipinski definition) is 1. The molecular weight excluding hydrogens is 268 g/mol. The van der Waals surface area contributed by atoms with Crippen molar-refractivity contribution >= 4 is 39.8 Å². The molecule has 2 heterocycles. The molecule has 100 valence electrons. The molecule has 0 bridgehead atoms. The molecule has 0 atom stereocenters. The SMILES string of the molecule is Cc1sc2ncnc(NCCN(C)C)c2c1C.Cl. The maximum absolute atomic E-state index is 4.34. The summed E-state index contributed by atoms with van der Waals surface area (Å²) in [6.07, 6.45) is 1.63. The Balaban J connectivity index is 0.00000162. The van der Waals surface area contributed by atoms with Crippen LogP contribution in [-0.2, 0) is 0 Å². The minimum Gasteiger partial charge on any atom is -0.368 e. The summed E-state index contributed by atoms with van der Waals surface area (Å²) in [5.74, 6) is 0.957. The van der Waals surface area contributed by atoms with Crippen molar-refractivity contribution in [2.75, 3.05) is 32.5 Å². The lowest BCUT2D eigenvalue weighted by Gasteiger charge is -2.11. The molecule has 0 fully saturated rings. The van der Waals surface area contributed by atoms with E-state index in [9.17, 15) is 0 Å². The summed E-state index contributed by atoms with van der Waals surface area (Å²) in [6, 6.07) is 0. The Hall–Kier alpha value is -0.910. The largest absolute Gasteiger partial charge is 0.368 e. The zero-order chi connectivity index (χ0) is 12.4. The predicted octanol–water partition coefficient (Wildman–Crippen LogP) is 2.70. The summed E-state index contributed by atoms with van der Waals surface area (Å²) >= 11 is 1.73. The third kappa shape index (κ3) is 3.10. The van der Waals surface area contributed by atoms with E-state index in [0.29, 0.717) is 0 Å². The van der Waals surface area contributed by atoms with E-state index in [2.05, 4.69) is 48.1 Å². The summed E-state index contributed by atoms with van der Waals surface area (Å²) in [5, 5.41) is 4.56. The number of fused-ring (bicyclic) bond motifs is 1. The number of nitrogens with one attached hydrogen (secondary N) is 1. The second-order valence-corrected chi connectivity index (χ2v) is 5.62. The van der Waals surface area contributed by atoms with Gasteiger partial charge < -0.3 is 10.2 Å². The molecule has 0 unspecified atom stereocenters. The van der Waals surface area contributed by atoms with Crippen LogP contribution < -0.4 is 5.32 Å². The van der Waals surface area contributed by atoms with Crippen LogP contribution in [-0.4, -0.2) is 42.1 Å². The van der Waals surface area contributed by atoms with Gasteiger partial charge in [0.05, 0.1) is 5.39 Å². The van der Waals surface area contributed by atoms with Crippen molar-refractivity contribution in [1.29, 1.82) is 0 Å². The van der Waals surface area contributed by atoms with Gasteiger partial charge in [0.25, 0.3) is 0 Å². The molecule has 2 rings (SSSR count). The fourth-order valence-electron chi connectivity index (χ4n) is 1.71. The van der Waals surface area contributed by atoms with Gasteiger partial charge in [-0.15, -0.1) is 23.7 Å². The fourth-order valence-corrected chi connectivity index (χ4v) is 2.71. The monoisotopic (exact) mass is 286 g/mol. The first-order chi connectivity index (χ1) is 8.09. The highest BCUT2D eigenvalue weighted by Crippen LogP contribution is 2.32. The molecule has 4 nitrogen and oxygen atoms in total. The number of hydrogen-bond acceptors (Lipinski definition) is 5. The van der Waals surface area contributed by atoms with E-state index >= 15 is 0 Å². The van der Waals surface area contributed by atoms with Gasteiger partial charge in [-0.2, -0.15) is 0 Å². The van der Waals surface area contributed by atoms with Crippen LogP contribution >= 0.6 is 23.7 Å². The molecule has 6 heteroatoms. The number of halogens is 1. The number of aromatic nitrogens is 2. The van der Waals surface area contributed by atoms with Gasteiger partial charge in [-0.1, -0.05) is 0 Å². The third-order valence-corrected chi connectivity index (χ3v) is 3.93. The van der Waals surface area contributed by atoms with Gasteiger partial charge in [-0.05, 0) is 33.5 Å². The van der Waals surface area contributed by atoms with E-state index in [-0.39, 0.29) is 12.4 Å². The lowest BCUT2D eigenvalue weighted by Crippen LogP contribution is -2.21. The van der Waals surface area contributed by atoms with E-state index in [1.165, 1.54) is 15.8 Å². The van der Waals surface area contributed by atoms with Crippen molar-refractivity contribution in [3.05, 3.63) is 16.8 Å². The molecule has 0 radical (unpaired) electrons. The van der Waals surface area contributed by atoms with Crippen LogP contribution in [0.15, 0.2) is 6.33 Å². The van der Waals surface area contributed by atoms with Crippen molar-refractivity contribution in [1.82, 2.24) is 14.9 Å². The lowest BCUT2D eigenvalue weighted by molar-refractivity contribution is 0.425. The van der Waals surface area contributed by atoms with E-state index in [0.717, 1.165) is 23.7 Å². The highest BCUT2D eigenvalue weighted by Gasteiger charge is 2.11. The fraction of sp³-hybridized carbons (Fsp3) is 0.500. The molecule has 0 spiro atoms. The number of anilines is 1. The molecule has 2 aromatic rings. The predicted molar refractivity (Wildman–Crippen MR) is 81.2 cm³/mol. The number of nitrogens with zero attached hydrogens (tertiary/aromatic N) is 3. The number of rotatable bonds is 4. The smallest absolute Gasteiger partial charge is 0.138 e.